The minimum Gasteiger partial charge on any atom is -0.271 e. The Labute approximate surface area is 107 Å². The summed E-state index contributed by atoms with van der Waals surface area (Å²) in [6.45, 7) is 0. The molecule has 0 amide bonds. The maximum absolute atomic E-state index is 12.9. The summed E-state index contributed by atoms with van der Waals surface area (Å²) in [5, 5.41) is 0. The Kier molecular flexibility index (Phi) is 4.59. The van der Waals surface area contributed by atoms with Gasteiger partial charge in [0.25, 0.3) is 0 Å². The highest BCUT2D eigenvalue weighted by molar-refractivity contribution is 5.22. The molecule has 2 nitrogen and oxygen atoms in total. The fourth-order valence-corrected chi connectivity index (χ4v) is 1.65. The zero-order chi connectivity index (χ0) is 15.7. The van der Waals surface area contributed by atoms with Gasteiger partial charge in [-0.25, -0.2) is 8.78 Å². The number of hydrogen-bond acceptors (Lipinski definition) is 2. The van der Waals surface area contributed by atoms with Crippen LogP contribution in [0.15, 0.2) is 18.2 Å². The zero-order valence-electron chi connectivity index (χ0n) is 9.49. The van der Waals surface area contributed by atoms with Crippen LogP contribution in [0.2, 0.25) is 0 Å². The van der Waals surface area contributed by atoms with Crippen molar-refractivity contribution in [2.24, 2.45) is 11.8 Å². The van der Waals surface area contributed by atoms with E-state index in [-0.39, 0.29) is 6.07 Å². The highest BCUT2D eigenvalue weighted by Crippen LogP contribution is 2.46. The van der Waals surface area contributed by atoms with Crippen LogP contribution in [0.25, 0.3) is 0 Å². The van der Waals surface area contributed by atoms with E-state index >= 15 is 0 Å². The standard InChI is InChI=1S/C10H8F8N2/c11-5-2-1-4(3-6(5)12)7(20-19)8(9(13,14)15)10(16,17)18/h1-3,7-8,20H,19H2. The summed E-state index contributed by atoms with van der Waals surface area (Å²) in [6.07, 6.45) is -11.3. The molecule has 0 fully saturated rings. The average Bonchev–Trinajstić information content (AvgIpc) is 2.26. The molecule has 20 heavy (non-hydrogen) atoms. The molecule has 1 aromatic rings. The topological polar surface area (TPSA) is 38.0 Å². The fourth-order valence-electron chi connectivity index (χ4n) is 1.65. The van der Waals surface area contributed by atoms with Gasteiger partial charge in [0.15, 0.2) is 17.6 Å². The Morgan fingerprint density at radius 3 is 1.75 bits per heavy atom. The largest absolute Gasteiger partial charge is 0.402 e. The Bertz CT molecular complexity index is 453. The van der Waals surface area contributed by atoms with Crippen molar-refractivity contribution in [2.45, 2.75) is 18.4 Å². The first-order chi connectivity index (χ1) is 8.98. The van der Waals surface area contributed by atoms with Crippen molar-refractivity contribution < 1.29 is 35.1 Å². The van der Waals surface area contributed by atoms with Gasteiger partial charge in [-0.15, -0.1) is 0 Å². The van der Waals surface area contributed by atoms with Gasteiger partial charge in [-0.05, 0) is 17.7 Å². The Balaban J connectivity index is 3.30. The van der Waals surface area contributed by atoms with Crippen molar-refractivity contribution in [1.29, 1.82) is 0 Å². The second-order valence-electron chi connectivity index (χ2n) is 3.88. The molecule has 1 unspecified atom stereocenters. The molecule has 10 heteroatoms. The van der Waals surface area contributed by atoms with Crippen LogP contribution in [0.3, 0.4) is 0 Å². The minimum atomic E-state index is -5.67. The molecule has 1 atom stereocenters. The van der Waals surface area contributed by atoms with E-state index in [0.29, 0.717) is 12.1 Å². The first-order valence-corrected chi connectivity index (χ1v) is 5.03. The van der Waals surface area contributed by atoms with Crippen LogP contribution in [0.5, 0.6) is 0 Å². The zero-order valence-corrected chi connectivity index (χ0v) is 9.49. The summed E-state index contributed by atoms with van der Waals surface area (Å²) in [4.78, 5) is 0. The monoisotopic (exact) mass is 308 g/mol. The van der Waals surface area contributed by atoms with E-state index in [1.54, 1.807) is 0 Å². The number of benzene rings is 1. The van der Waals surface area contributed by atoms with E-state index < -0.39 is 41.5 Å². The van der Waals surface area contributed by atoms with Gasteiger partial charge in [-0.3, -0.25) is 11.3 Å². The Hall–Kier alpha value is -1.42. The molecule has 114 valence electrons. The SMILES string of the molecule is NNC(c1ccc(F)c(F)c1)C(C(F)(F)F)C(F)(F)F. The van der Waals surface area contributed by atoms with Gasteiger partial charge in [0, 0.05) is 0 Å². The quantitative estimate of drug-likeness (QED) is 0.511. The number of rotatable bonds is 3. The van der Waals surface area contributed by atoms with Crippen molar-refractivity contribution >= 4 is 0 Å². The maximum Gasteiger partial charge on any atom is 0.402 e. The summed E-state index contributed by atoms with van der Waals surface area (Å²) < 4.78 is 101. The first kappa shape index (κ1) is 16.6. The van der Waals surface area contributed by atoms with Gasteiger partial charge in [0.05, 0.1) is 6.04 Å². The van der Waals surface area contributed by atoms with E-state index in [4.69, 9.17) is 5.84 Å². The molecule has 0 bridgehead atoms. The van der Waals surface area contributed by atoms with Crippen LogP contribution in [0.1, 0.15) is 11.6 Å². The van der Waals surface area contributed by atoms with Gasteiger partial charge in [-0.2, -0.15) is 26.3 Å². The molecule has 0 aliphatic heterocycles. The minimum absolute atomic E-state index is 0.227. The molecule has 3 N–H and O–H groups in total. The third-order valence-electron chi connectivity index (χ3n) is 2.52. The number of hydrogen-bond donors (Lipinski definition) is 2. The van der Waals surface area contributed by atoms with Gasteiger partial charge in [0.1, 0.15) is 0 Å². The normalized spacial score (nSPS) is 14.7. The van der Waals surface area contributed by atoms with Crippen LogP contribution in [-0.2, 0) is 0 Å². The molecule has 0 saturated carbocycles. The molecule has 0 aliphatic rings. The predicted octanol–water partition coefficient (Wildman–Crippen LogP) is 3.21. The van der Waals surface area contributed by atoms with Gasteiger partial charge >= 0.3 is 12.4 Å². The molecule has 0 spiro atoms. The average molecular weight is 308 g/mol. The molecule has 1 aromatic carbocycles. The number of halogens is 8. The molecule has 0 aliphatic carbocycles. The van der Waals surface area contributed by atoms with E-state index in [2.05, 4.69) is 0 Å². The van der Waals surface area contributed by atoms with Gasteiger partial charge in [-0.1, -0.05) is 6.07 Å². The smallest absolute Gasteiger partial charge is 0.271 e. The molecular formula is C10H8F8N2. The summed E-state index contributed by atoms with van der Waals surface area (Å²) in [7, 11) is 0. The lowest BCUT2D eigenvalue weighted by Gasteiger charge is -2.30. The van der Waals surface area contributed by atoms with E-state index in [9.17, 15) is 35.1 Å². The van der Waals surface area contributed by atoms with Gasteiger partial charge < -0.3 is 0 Å². The third-order valence-corrected chi connectivity index (χ3v) is 2.52. The van der Waals surface area contributed by atoms with Crippen molar-refractivity contribution in [3.05, 3.63) is 35.4 Å². The van der Waals surface area contributed by atoms with Crippen molar-refractivity contribution in [3.8, 4) is 0 Å². The highest BCUT2D eigenvalue weighted by Gasteiger charge is 2.60. The van der Waals surface area contributed by atoms with Crippen molar-refractivity contribution in [3.63, 3.8) is 0 Å². The van der Waals surface area contributed by atoms with Crippen LogP contribution in [0, 0.1) is 17.6 Å². The fraction of sp³-hybridized carbons (Fsp3) is 0.400. The number of alkyl halides is 6. The summed E-state index contributed by atoms with van der Waals surface area (Å²) >= 11 is 0. The van der Waals surface area contributed by atoms with Crippen molar-refractivity contribution in [1.82, 2.24) is 5.43 Å². The lowest BCUT2D eigenvalue weighted by Crippen LogP contribution is -2.47. The maximum atomic E-state index is 12.9. The lowest BCUT2D eigenvalue weighted by atomic mass is 9.92. The van der Waals surface area contributed by atoms with E-state index in [1.165, 1.54) is 5.43 Å². The summed E-state index contributed by atoms with van der Waals surface area (Å²) in [5.74, 6) is -2.12. The molecule has 0 saturated heterocycles. The van der Waals surface area contributed by atoms with E-state index in [1.807, 2.05) is 0 Å². The van der Waals surface area contributed by atoms with Crippen molar-refractivity contribution in [2.75, 3.05) is 0 Å². The summed E-state index contributed by atoms with van der Waals surface area (Å²) in [5.41, 5.74) is 0.577. The van der Waals surface area contributed by atoms with Crippen LogP contribution < -0.4 is 11.3 Å². The number of hydrazine groups is 1. The van der Waals surface area contributed by atoms with Crippen LogP contribution >= 0.6 is 0 Å². The molecular weight excluding hydrogens is 300 g/mol. The Morgan fingerprint density at radius 1 is 0.900 bits per heavy atom. The van der Waals surface area contributed by atoms with Gasteiger partial charge in [0.2, 0.25) is 0 Å². The lowest BCUT2D eigenvalue weighted by molar-refractivity contribution is -0.292. The van der Waals surface area contributed by atoms with Crippen LogP contribution in [0.4, 0.5) is 35.1 Å². The second-order valence-corrected chi connectivity index (χ2v) is 3.88. The van der Waals surface area contributed by atoms with E-state index in [0.717, 1.165) is 0 Å². The number of nitrogens with one attached hydrogen (secondary N) is 1. The highest BCUT2D eigenvalue weighted by atomic mass is 19.4. The molecule has 0 aromatic heterocycles. The van der Waals surface area contributed by atoms with Crippen LogP contribution in [-0.4, -0.2) is 12.4 Å². The Morgan fingerprint density at radius 2 is 1.40 bits per heavy atom. The second kappa shape index (κ2) is 5.52. The first-order valence-electron chi connectivity index (χ1n) is 5.03. The summed E-state index contributed by atoms with van der Waals surface area (Å²) in [6, 6.07) is -1.26. The predicted molar refractivity (Wildman–Crippen MR) is 52.0 cm³/mol. The number of nitrogens with two attached hydrogens (primary N) is 1. The molecule has 0 radical (unpaired) electrons. The third kappa shape index (κ3) is 3.57. The molecule has 1 rings (SSSR count). The molecule has 0 heterocycles.